The van der Waals surface area contributed by atoms with Gasteiger partial charge in [0.1, 0.15) is 0 Å². The zero-order chi connectivity index (χ0) is 14.1. The molecule has 0 atom stereocenters. The maximum Gasteiger partial charge on any atom is 0.333 e. The number of morpholine rings is 1. The van der Waals surface area contributed by atoms with Crippen LogP contribution in [0.15, 0.2) is 18.2 Å². The first-order chi connectivity index (χ1) is 9.70. The molecular formula is C14H17F2N3O. The first-order valence-electron chi connectivity index (χ1n) is 6.82. The van der Waals surface area contributed by atoms with Gasteiger partial charge in [-0.2, -0.15) is 13.9 Å². The molecule has 0 unspecified atom stereocenters. The van der Waals surface area contributed by atoms with Crippen molar-refractivity contribution in [3.8, 4) is 0 Å². The van der Waals surface area contributed by atoms with Gasteiger partial charge in [0.15, 0.2) is 0 Å². The molecule has 0 aliphatic carbocycles. The van der Waals surface area contributed by atoms with Crippen LogP contribution in [0.4, 0.5) is 14.5 Å². The molecule has 1 aromatic carbocycles. The Labute approximate surface area is 115 Å². The average molecular weight is 281 g/mol. The zero-order valence-electron chi connectivity index (χ0n) is 11.4. The molecule has 2 aromatic rings. The van der Waals surface area contributed by atoms with Crippen LogP contribution in [-0.4, -0.2) is 36.1 Å². The fraction of sp³-hybridized carbons (Fsp3) is 0.500. The van der Waals surface area contributed by atoms with E-state index in [0.717, 1.165) is 28.8 Å². The first-order valence-corrected chi connectivity index (χ1v) is 6.82. The quantitative estimate of drug-likeness (QED) is 0.866. The summed E-state index contributed by atoms with van der Waals surface area (Å²) in [6.07, 6.45) is 0.646. The van der Waals surface area contributed by atoms with E-state index in [1.807, 2.05) is 19.1 Å². The van der Waals surface area contributed by atoms with Gasteiger partial charge in [-0.1, -0.05) is 6.92 Å². The molecule has 0 bridgehead atoms. The Bertz CT molecular complexity index is 606. The summed E-state index contributed by atoms with van der Waals surface area (Å²) >= 11 is 0. The van der Waals surface area contributed by atoms with Crippen molar-refractivity contribution in [1.29, 1.82) is 0 Å². The number of fused-ring (bicyclic) bond motifs is 1. The molecule has 1 fully saturated rings. The van der Waals surface area contributed by atoms with Gasteiger partial charge in [0.05, 0.1) is 24.4 Å². The second-order valence-electron chi connectivity index (χ2n) is 4.82. The van der Waals surface area contributed by atoms with Crippen LogP contribution in [0.3, 0.4) is 0 Å². The van der Waals surface area contributed by atoms with Gasteiger partial charge in [0, 0.05) is 24.2 Å². The largest absolute Gasteiger partial charge is 0.378 e. The van der Waals surface area contributed by atoms with Crippen LogP contribution >= 0.6 is 0 Å². The van der Waals surface area contributed by atoms with E-state index in [2.05, 4.69) is 10.00 Å². The van der Waals surface area contributed by atoms with Crippen LogP contribution in [0.5, 0.6) is 0 Å². The Morgan fingerprint density at radius 1 is 1.30 bits per heavy atom. The van der Waals surface area contributed by atoms with Crippen LogP contribution in [0.25, 0.3) is 10.9 Å². The Balaban J connectivity index is 2.06. The lowest BCUT2D eigenvalue weighted by atomic mass is 10.1. The molecule has 0 radical (unpaired) electrons. The second-order valence-corrected chi connectivity index (χ2v) is 4.82. The molecule has 1 aliphatic heterocycles. The second kappa shape index (κ2) is 5.36. The van der Waals surface area contributed by atoms with Crippen molar-refractivity contribution in [3.63, 3.8) is 0 Å². The summed E-state index contributed by atoms with van der Waals surface area (Å²) in [7, 11) is 0. The summed E-state index contributed by atoms with van der Waals surface area (Å²) in [5, 5.41) is 4.83. The summed E-state index contributed by atoms with van der Waals surface area (Å²) in [6.45, 7) is 2.23. The van der Waals surface area contributed by atoms with Gasteiger partial charge in [0.25, 0.3) is 0 Å². The number of alkyl halides is 2. The van der Waals surface area contributed by atoms with Gasteiger partial charge in [-0.05, 0) is 24.6 Å². The SMILES string of the molecule is CCc1nn(C(F)F)c2cc(N3CCOCC3)ccc12. The van der Waals surface area contributed by atoms with Gasteiger partial charge in [-0.3, -0.25) is 0 Å². The maximum absolute atomic E-state index is 13.1. The lowest BCUT2D eigenvalue weighted by Gasteiger charge is -2.28. The Morgan fingerprint density at radius 3 is 2.70 bits per heavy atom. The van der Waals surface area contributed by atoms with Crippen molar-refractivity contribution in [2.75, 3.05) is 31.2 Å². The fourth-order valence-corrected chi connectivity index (χ4v) is 2.62. The van der Waals surface area contributed by atoms with E-state index in [4.69, 9.17) is 4.74 Å². The van der Waals surface area contributed by atoms with Crippen molar-refractivity contribution in [1.82, 2.24) is 9.78 Å². The summed E-state index contributed by atoms with van der Waals surface area (Å²) in [5.74, 6) is 0. The molecule has 0 spiro atoms. The lowest BCUT2D eigenvalue weighted by molar-refractivity contribution is 0.0611. The predicted molar refractivity (Wildman–Crippen MR) is 73.4 cm³/mol. The van der Waals surface area contributed by atoms with Crippen LogP contribution in [-0.2, 0) is 11.2 Å². The highest BCUT2D eigenvalue weighted by atomic mass is 19.3. The van der Waals surface area contributed by atoms with Crippen LogP contribution < -0.4 is 4.90 Å². The molecule has 1 saturated heterocycles. The Morgan fingerprint density at radius 2 is 2.05 bits per heavy atom. The molecule has 1 aromatic heterocycles. The highest BCUT2D eigenvalue weighted by Crippen LogP contribution is 2.28. The van der Waals surface area contributed by atoms with E-state index >= 15 is 0 Å². The van der Waals surface area contributed by atoms with Crippen molar-refractivity contribution >= 4 is 16.6 Å². The summed E-state index contributed by atoms with van der Waals surface area (Å²) in [4.78, 5) is 2.15. The monoisotopic (exact) mass is 281 g/mol. The topological polar surface area (TPSA) is 30.3 Å². The van der Waals surface area contributed by atoms with Crippen molar-refractivity contribution in [3.05, 3.63) is 23.9 Å². The first kappa shape index (κ1) is 13.3. The van der Waals surface area contributed by atoms with E-state index < -0.39 is 6.55 Å². The molecule has 0 N–H and O–H groups in total. The number of halogens is 2. The molecule has 3 rings (SSSR count). The van der Waals surface area contributed by atoms with Gasteiger partial charge in [0.2, 0.25) is 0 Å². The molecule has 20 heavy (non-hydrogen) atoms. The molecule has 0 amide bonds. The molecular weight excluding hydrogens is 264 g/mol. The fourth-order valence-electron chi connectivity index (χ4n) is 2.62. The van der Waals surface area contributed by atoms with E-state index in [-0.39, 0.29) is 0 Å². The third-order valence-electron chi connectivity index (χ3n) is 3.66. The number of aryl methyl sites for hydroxylation is 1. The summed E-state index contributed by atoms with van der Waals surface area (Å²) in [5.41, 5.74) is 2.17. The number of hydrogen-bond acceptors (Lipinski definition) is 3. The third-order valence-corrected chi connectivity index (χ3v) is 3.66. The summed E-state index contributed by atoms with van der Waals surface area (Å²) in [6, 6.07) is 5.67. The van der Waals surface area contributed by atoms with Crippen LogP contribution in [0.2, 0.25) is 0 Å². The van der Waals surface area contributed by atoms with E-state index in [9.17, 15) is 8.78 Å². The molecule has 108 valence electrons. The Hall–Kier alpha value is -1.69. The number of rotatable bonds is 3. The number of aromatic nitrogens is 2. The maximum atomic E-state index is 13.1. The molecule has 0 saturated carbocycles. The minimum atomic E-state index is -2.61. The van der Waals surface area contributed by atoms with Gasteiger partial charge >= 0.3 is 6.55 Å². The molecule has 4 nitrogen and oxygen atoms in total. The van der Waals surface area contributed by atoms with Crippen molar-refractivity contribution in [2.24, 2.45) is 0 Å². The lowest BCUT2D eigenvalue weighted by Crippen LogP contribution is -2.36. The normalized spacial score (nSPS) is 16.3. The summed E-state index contributed by atoms with van der Waals surface area (Å²) < 4.78 is 32.3. The number of benzene rings is 1. The van der Waals surface area contributed by atoms with Crippen LogP contribution in [0.1, 0.15) is 19.2 Å². The number of ether oxygens (including phenoxy) is 1. The van der Waals surface area contributed by atoms with Crippen molar-refractivity contribution in [2.45, 2.75) is 19.9 Å². The number of nitrogens with zero attached hydrogens (tertiary/aromatic N) is 3. The van der Waals surface area contributed by atoms with Gasteiger partial charge in [-0.25, -0.2) is 4.68 Å². The van der Waals surface area contributed by atoms with E-state index in [1.165, 1.54) is 0 Å². The van der Waals surface area contributed by atoms with Gasteiger partial charge < -0.3 is 9.64 Å². The number of hydrogen-bond donors (Lipinski definition) is 0. The molecule has 6 heteroatoms. The molecule has 2 heterocycles. The van der Waals surface area contributed by atoms with Gasteiger partial charge in [-0.15, -0.1) is 0 Å². The highest BCUT2D eigenvalue weighted by Gasteiger charge is 2.18. The van der Waals surface area contributed by atoms with E-state index in [1.54, 1.807) is 6.07 Å². The third kappa shape index (κ3) is 2.24. The smallest absolute Gasteiger partial charge is 0.333 e. The minimum Gasteiger partial charge on any atom is -0.378 e. The van der Waals surface area contributed by atoms with E-state index in [0.29, 0.717) is 30.8 Å². The standard InChI is InChI=1S/C14H17F2N3O/c1-2-12-11-4-3-10(18-5-7-20-8-6-18)9-13(11)19(17-12)14(15)16/h3-4,9,14H,2,5-8H2,1H3. The number of anilines is 1. The van der Waals surface area contributed by atoms with Crippen LogP contribution in [0, 0.1) is 0 Å². The highest BCUT2D eigenvalue weighted by molar-refractivity contribution is 5.85. The Kier molecular flexibility index (Phi) is 3.56. The van der Waals surface area contributed by atoms with Crippen molar-refractivity contribution < 1.29 is 13.5 Å². The minimum absolute atomic E-state index is 0.501. The zero-order valence-corrected chi connectivity index (χ0v) is 11.4. The average Bonchev–Trinajstić information content (AvgIpc) is 2.86. The molecule has 1 aliphatic rings. The predicted octanol–water partition coefficient (Wildman–Crippen LogP) is 2.83.